The topological polar surface area (TPSA) is 20.3 Å². The van der Waals surface area contributed by atoms with E-state index in [1.165, 1.54) is 5.56 Å². The molecule has 1 aromatic rings. The molecule has 19 heavy (non-hydrogen) atoms. The average molecular weight is 389 g/mol. The number of rotatable bonds is 5. The first-order chi connectivity index (χ1) is 9.00. The van der Waals surface area contributed by atoms with Gasteiger partial charge in [-0.3, -0.25) is 4.79 Å². The molecule has 2 rings (SSSR count). The fourth-order valence-corrected chi connectivity index (χ4v) is 2.70. The Bertz CT molecular complexity index is 457. The van der Waals surface area contributed by atoms with Crippen molar-refractivity contribution in [1.82, 2.24) is 4.90 Å². The third-order valence-electron chi connectivity index (χ3n) is 3.39. The maximum absolute atomic E-state index is 12.5. The third kappa shape index (κ3) is 3.82. The smallest absolute Gasteiger partial charge is 0.237 e. The molecule has 4 heteroatoms. The summed E-state index contributed by atoms with van der Waals surface area (Å²) in [5.41, 5.74) is 1.17. The van der Waals surface area contributed by atoms with Crippen LogP contribution in [0, 0.1) is 5.92 Å². The van der Waals surface area contributed by atoms with Gasteiger partial charge in [0.2, 0.25) is 5.91 Å². The van der Waals surface area contributed by atoms with Gasteiger partial charge in [-0.1, -0.05) is 63.9 Å². The van der Waals surface area contributed by atoms with Crippen LogP contribution in [0.25, 0.3) is 0 Å². The minimum atomic E-state index is -0.0874. The summed E-state index contributed by atoms with van der Waals surface area (Å²) in [6, 6.07) is 8.55. The number of benzene rings is 1. The first-order valence-corrected chi connectivity index (χ1v) is 8.39. The molecule has 104 valence electrons. The highest BCUT2D eigenvalue weighted by Crippen LogP contribution is 2.32. The molecule has 0 radical (unpaired) electrons. The van der Waals surface area contributed by atoms with E-state index in [4.69, 9.17) is 0 Å². The van der Waals surface area contributed by atoms with Crippen LogP contribution in [0.3, 0.4) is 0 Å². The van der Waals surface area contributed by atoms with Gasteiger partial charge in [-0.2, -0.15) is 0 Å². The van der Waals surface area contributed by atoms with Crippen molar-refractivity contribution in [3.63, 3.8) is 0 Å². The average Bonchev–Trinajstić information content (AvgIpc) is 3.20. The molecule has 0 bridgehead atoms. The van der Waals surface area contributed by atoms with E-state index in [9.17, 15) is 4.79 Å². The predicted molar refractivity (Wildman–Crippen MR) is 85.3 cm³/mol. The van der Waals surface area contributed by atoms with Gasteiger partial charge >= 0.3 is 0 Å². The molecule has 2 nitrogen and oxygen atoms in total. The zero-order chi connectivity index (χ0) is 14.0. The van der Waals surface area contributed by atoms with Crippen molar-refractivity contribution in [2.24, 2.45) is 5.92 Å². The van der Waals surface area contributed by atoms with Crippen LogP contribution in [-0.4, -0.2) is 21.7 Å². The molecule has 0 aromatic heterocycles. The fourth-order valence-electron chi connectivity index (χ4n) is 2.03. The maximum atomic E-state index is 12.5. The van der Waals surface area contributed by atoms with Crippen LogP contribution in [0.15, 0.2) is 28.7 Å². The lowest BCUT2D eigenvalue weighted by Crippen LogP contribution is -2.39. The molecule has 0 N–H and O–H groups in total. The van der Waals surface area contributed by atoms with Crippen molar-refractivity contribution < 1.29 is 4.79 Å². The Morgan fingerprint density at radius 3 is 2.53 bits per heavy atom. The SMILES string of the molecule is CC(C)C(Br)C(=O)N(Cc1ccccc1Br)C1CC1. The second-order valence-electron chi connectivity index (χ2n) is 5.43. The molecule has 1 aliphatic carbocycles. The number of nitrogens with zero attached hydrogens (tertiary/aromatic N) is 1. The quantitative estimate of drug-likeness (QED) is 0.686. The van der Waals surface area contributed by atoms with E-state index in [0.717, 1.165) is 17.3 Å². The Hall–Kier alpha value is -0.350. The standard InChI is InChI=1S/C15H19Br2NO/c1-10(2)14(17)15(19)18(12-7-8-12)9-11-5-3-4-6-13(11)16/h3-6,10,12,14H,7-9H2,1-2H3. The zero-order valence-electron chi connectivity index (χ0n) is 11.3. The molecule has 0 spiro atoms. The molecule has 1 unspecified atom stereocenters. The summed E-state index contributed by atoms with van der Waals surface area (Å²) in [4.78, 5) is 14.5. The van der Waals surface area contributed by atoms with Crippen molar-refractivity contribution in [1.29, 1.82) is 0 Å². The van der Waals surface area contributed by atoms with Crippen LogP contribution in [0.1, 0.15) is 32.3 Å². The molecule has 0 aliphatic heterocycles. The number of hydrogen-bond donors (Lipinski definition) is 0. The molecule has 1 aliphatic rings. The molecular weight excluding hydrogens is 370 g/mol. The minimum Gasteiger partial charge on any atom is -0.334 e. The summed E-state index contributed by atoms with van der Waals surface area (Å²) in [7, 11) is 0. The molecule has 0 saturated heterocycles. The van der Waals surface area contributed by atoms with Gasteiger partial charge in [0, 0.05) is 17.1 Å². The number of hydrogen-bond acceptors (Lipinski definition) is 1. The van der Waals surface area contributed by atoms with Crippen molar-refractivity contribution in [3.05, 3.63) is 34.3 Å². The van der Waals surface area contributed by atoms with Crippen LogP contribution < -0.4 is 0 Å². The molecule has 0 heterocycles. The van der Waals surface area contributed by atoms with Crippen molar-refractivity contribution in [2.75, 3.05) is 0 Å². The van der Waals surface area contributed by atoms with E-state index in [-0.39, 0.29) is 10.7 Å². The van der Waals surface area contributed by atoms with Gasteiger partial charge in [0.05, 0.1) is 4.83 Å². The Balaban J connectivity index is 2.13. The van der Waals surface area contributed by atoms with Gasteiger partial charge in [0.1, 0.15) is 0 Å². The van der Waals surface area contributed by atoms with Crippen LogP contribution in [-0.2, 0) is 11.3 Å². The summed E-state index contributed by atoms with van der Waals surface area (Å²) < 4.78 is 1.07. The highest BCUT2D eigenvalue weighted by Gasteiger charge is 2.36. The number of amides is 1. The Morgan fingerprint density at radius 2 is 2.00 bits per heavy atom. The third-order valence-corrected chi connectivity index (χ3v) is 5.61. The van der Waals surface area contributed by atoms with E-state index in [1.807, 2.05) is 23.1 Å². The number of alkyl halides is 1. The molecule has 1 atom stereocenters. The van der Waals surface area contributed by atoms with E-state index in [1.54, 1.807) is 0 Å². The second-order valence-corrected chi connectivity index (χ2v) is 7.28. The van der Waals surface area contributed by atoms with E-state index in [2.05, 4.69) is 51.8 Å². The second kappa shape index (κ2) is 6.40. The Kier molecular flexibility index (Phi) is 5.07. The largest absolute Gasteiger partial charge is 0.334 e. The lowest BCUT2D eigenvalue weighted by Gasteiger charge is -2.27. The summed E-state index contributed by atoms with van der Waals surface area (Å²) >= 11 is 7.09. The highest BCUT2D eigenvalue weighted by molar-refractivity contribution is 9.10. The summed E-state index contributed by atoms with van der Waals surface area (Å²) in [5, 5.41) is 0. The van der Waals surface area contributed by atoms with E-state index >= 15 is 0 Å². The first-order valence-electron chi connectivity index (χ1n) is 6.68. The van der Waals surface area contributed by atoms with Crippen molar-refractivity contribution >= 4 is 37.8 Å². The molecule has 1 amide bonds. The number of halogens is 2. The van der Waals surface area contributed by atoms with Crippen LogP contribution in [0.4, 0.5) is 0 Å². The van der Waals surface area contributed by atoms with Crippen LogP contribution in [0.2, 0.25) is 0 Å². The Labute approximate surface area is 131 Å². The minimum absolute atomic E-state index is 0.0874. The van der Waals surface area contributed by atoms with Gasteiger partial charge in [0.25, 0.3) is 0 Å². The van der Waals surface area contributed by atoms with Gasteiger partial charge in [0.15, 0.2) is 0 Å². The van der Waals surface area contributed by atoms with Gasteiger partial charge in [-0.05, 0) is 30.4 Å². The fraction of sp³-hybridized carbons (Fsp3) is 0.533. The van der Waals surface area contributed by atoms with Gasteiger partial charge in [-0.25, -0.2) is 0 Å². The summed E-state index contributed by atoms with van der Waals surface area (Å²) in [6.45, 7) is 4.83. The first kappa shape index (κ1) is 15.0. The van der Waals surface area contributed by atoms with E-state index in [0.29, 0.717) is 18.5 Å². The summed E-state index contributed by atoms with van der Waals surface area (Å²) in [6.07, 6.45) is 2.27. The van der Waals surface area contributed by atoms with Crippen molar-refractivity contribution in [2.45, 2.75) is 44.1 Å². The zero-order valence-corrected chi connectivity index (χ0v) is 14.4. The molecule has 1 fully saturated rings. The van der Waals surface area contributed by atoms with Crippen LogP contribution in [0.5, 0.6) is 0 Å². The van der Waals surface area contributed by atoms with E-state index < -0.39 is 0 Å². The highest BCUT2D eigenvalue weighted by atomic mass is 79.9. The number of carbonyl (C=O) groups excluding carboxylic acids is 1. The molecule has 1 saturated carbocycles. The number of carbonyl (C=O) groups is 1. The lowest BCUT2D eigenvalue weighted by molar-refractivity contribution is -0.132. The normalized spacial score (nSPS) is 16.5. The van der Waals surface area contributed by atoms with Gasteiger partial charge in [-0.15, -0.1) is 0 Å². The monoisotopic (exact) mass is 387 g/mol. The summed E-state index contributed by atoms with van der Waals surface area (Å²) in [5.74, 6) is 0.529. The molecular formula is C15H19Br2NO. The molecule has 1 aromatic carbocycles. The lowest BCUT2D eigenvalue weighted by atomic mass is 10.1. The predicted octanol–water partition coefficient (Wildman–Crippen LogP) is 4.36. The maximum Gasteiger partial charge on any atom is 0.237 e. The van der Waals surface area contributed by atoms with Crippen LogP contribution >= 0.6 is 31.9 Å². The van der Waals surface area contributed by atoms with Crippen molar-refractivity contribution in [3.8, 4) is 0 Å². The van der Waals surface area contributed by atoms with Gasteiger partial charge < -0.3 is 4.90 Å². The Morgan fingerprint density at radius 1 is 1.37 bits per heavy atom.